The van der Waals surface area contributed by atoms with Gasteiger partial charge in [-0.1, -0.05) is 18.2 Å². The number of hydrogen-bond acceptors (Lipinski definition) is 4. The third-order valence-corrected chi connectivity index (χ3v) is 4.50. The van der Waals surface area contributed by atoms with Crippen LogP contribution in [0.2, 0.25) is 0 Å². The van der Waals surface area contributed by atoms with Crippen LogP contribution < -0.4 is 25.0 Å². The quantitative estimate of drug-likeness (QED) is 0.849. The summed E-state index contributed by atoms with van der Waals surface area (Å²) in [7, 11) is 3.08. The first-order valence-corrected chi connectivity index (χ1v) is 8.76. The lowest BCUT2D eigenvalue weighted by molar-refractivity contribution is -0.122. The van der Waals surface area contributed by atoms with Gasteiger partial charge in [0.1, 0.15) is 17.5 Å². The Kier molecular flexibility index (Phi) is 5.49. The predicted octanol–water partition coefficient (Wildman–Crippen LogP) is 2.80. The number of benzene rings is 2. The molecule has 7 heteroatoms. The Bertz CT molecular complexity index is 853. The number of methoxy groups -OCH3 is 2. The van der Waals surface area contributed by atoms with E-state index in [2.05, 4.69) is 10.6 Å². The average Bonchev–Trinajstić information content (AvgIpc) is 3.08. The number of nitrogens with zero attached hydrogens (tertiary/aromatic N) is 1. The Morgan fingerprint density at radius 3 is 2.63 bits per heavy atom. The third kappa shape index (κ3) is 3.67. The molecule has 3 rings (SSSR count). The number of anilines is 2. The molecule has 1 atom stereocenters. The zero-order chi connectivity index (χ0) is 19.4. The molecule has 0 spiro atoms. The van der Waals surface area contributed by atoms with E-state index >= 15 is 0 Å². The van der Waals surface area contributed by atoms with Crippen LogP contribution in [0.5, 0.6) is 11.5 Å². The van der Waals surface area contributed by atoms with E-state index in [-0.39, 0.29) is 11.9 Å². The van der Waals surface area contributed by atoms with Crippen LogP contribution in [0.3, 0.4) is 0 Å². The summed E-state index contributed by atoms with van der Waals surface area (Å²) in [5, 5.41) is 5.66. The summed E-state index contributed by atoms with van der Waals surface area (Å²) < 4.78 is 10.5. The molecule has 0 saturated heterocycles. The first kappa shape index (κ1) is 18.6. The van der Waals surface area contributed by atoms with Crippen molar-refractivity contribution in [2.24, 2.45) is 0 Å². The minimum atomic E-state index is -0.591. The minimum absolute atomic E-state index is 0.175. The van der Waals surface area contributed by atoms with Gasteiger partial charge in [0.25, 0.3) is 0 Å². The minimum Gasteiger partial charge on any atom is -0.497 e. The second-order valence-electron chi connectivity index (χ2n) is 6.11. The lowest BCUT2D eigenvalue weighted by atomic mass is 10.1. The molecule has 2 aromatic rings. The first-order chi connectivity index (χ1) is 13.1. The lowest BCUT2D eigenvalue weighted by Gasteiger charge is -2.25. The number of nitrogens with one attached hydrogen (secondary N) is 2. The van der Waals surface area contributed by atoms with Gasteiger partial charge in [-0.3, -0.25) is 9.69 Å². The van der Waals surface area contributed by atoms with E-state index < -0.39 is 6.04 Å². The van der Waals surface area contributed by atoms with Crippen LogP contribution >= 0.6 is 0 Å². The summed E-state index contributed by atoms with van der Waals surface area (Å²) in [5.74, 6) is 0.923. The fraction of sp³-hybridized carbons (Fsp3) is 0.300. The number of rotatable bonds is 5. The van der Waals surface area contributed by atoms with Gasteiger partial charge in [-0.15, -0.1) is 0 Å². The van der Waals surface area contributed by atoms with Crippen LogP contribution in [0.15, 0.2) is 42.5 Å². The maximum absolute atomic E-state index is 13.1. The lowest BCUT2D eigenvalue weighted by Crippen LogP contribution is -2.49. The number of likely N-dealkylation sites (N-methyl/N-ethyl adjacent to an activating group) is 1. The van der Waals surface area contributed by atoms with Crippen LogP contribution in [0.1, 0.15) is 12.5 Å². The maximum Gasteiger partial charge on any atom is 0.327 e. The monoisotopic (exact) mass is 369 g/mol. The summed E-state index contributed by atoms with van der Waals surface area (Å²) in [5.41, 5.74) is 2.20. The summed E-state index contributed by atoms with van der Waals surface area (Å²) in [4.78, 5) is 27.1. The largest absolute Gasteiger partial charge is 0.497 e. The predicted molar refractivity (Wildman–Crippen MR) is 104 cm³/mol. The van der Waals surface area contributed by atoms with Gasteiger partial charge in [-0.25, -0.2) is 4.79 Å². The van der Waals surface area contributed by atoms with E-state index in [0.29, 0.717) is 30.2 Å². The van der Waals surface area contributed by atoms with Crippen LogP contribution in [-0.2, 0) is 11.2 Å². The highest BCUT2D eigenvalue weighted by Crippen LogP contribution is 2.34. The van der Waals surface area contributed by atoms with E-state index in [1.165, 1.54) is 12.0 Å². The molecule has 0 aromatic heterocycles. The molecule has 0 saturated carbocycles. The first-order valence-electron chi connectivity index (χ1n) is 8.76. The molecule has 2 aromatic carbocycles. The van der Waals surface area contributed by atoms with Gasteiger partial charge >= 0.3 is 6.03 Å². The van der Waals surface area contributed by atoms with E-state index in [4.69, 9.17) is 9.47 Å². The summed E-state index contributed by atoms with van der Waals surface area (Å²) in [6.45, 7) is 2.36. The Hall–Kier alpha value is -3.22. The van der Waals surface area contributed by atoms with E-state index in [9.17, 15) is 9.59 Å². The average molecular weight is 369 g/mol. The number of urea groups is 1. The van der Waals surface area contributed by atoms with Crippen molar-refractivity contribution in [2.45, 2.75) is 19.4 Å². The van der Waals surface area contributed by atoms with Crippen molar-refractivity contribution in [2.75, 3.05) is 31.0 Å². The van der Waals surface area contributed by atoms with Crippen LogP contribution in [0, 0.1) is 0 Å². The topological polar surface area (TPSA) is 79.9 Å². The number of amides is 3. The molecule has 1 aliphatic rings. The van der Waals surface area contributed by atoms with Crippen molar-refractivity contribution < 1.29 is 19.1 Å². The van der Waals surface area contributed by atoms with Crippen molar-refractivity contribution in [1.82, 2.24) is 5.32 Å². The third-order valence-electron chi connectivity index (χ3n) is 4.50. The zero-order valence-electron chi connectivity index (χ0n) is 15.6. The molecule has 3 amide bonds. The number of ether oxygens (including phenoxy) is 2. The Labute approximate surface area is 158 Å². The summed E-state index contributed by atoms with van der Waals surface area (Å²) in [6, 6.07) is 11.7. The van der Waals surface area contributed by atoms with Crippen molar-refractivity contribution in [3.63, 3.8) is 0 Å². The highest BCUT2D eigenvalue weighted by Gasteiger charge is 2.38. The molecule has 0 radical (unpaired) electrons. The summed E-state index contributed by atoms with van der Waals surface area (Å²) >= 11 is 0. The highest BCUT2D eigenvalue weighted by atomic mass is 16.5. The SMILES string of the molecule is CCNC(=O)C1Cc2ccccc2N1C(=O)Nc1ccc(OC)cc1OC. The number of carbonyl (C=O) groups excluding carboxylic acids is 2. The second-order valence-corrected chi connectivity index (χ2v) is 6.11. The maximum atomic E-state index is 13.1. The molecule has 142 valence electrons. The van der Waals surface area contributed by atoms with E-state index in [1.807, 2.05) is 31.2 Å². The van der Waals surface area contributed by atoms with Gasteiger partial charge in [0.2, 0.25) is 5.91 Å². The van der Waals surface area contributed by atoms with Crippen molar-refractivity contribution >= 4 is 23.3 Å². The van der Waals surface area contributed by atoms with E-state index in [0.717, 1.165) is 11.3 Å². The Balaban J connectivity index is 1.90. The standard InChI is InChI=1S/C20H23N3O4/c1-4-21-19(24)17-11-13-7-5-6-8-16(13)23(17)20(25)22-15-10-9-14(26-2)12-18(15)27-3/h5-10,12,17H,4,11H2,1-3H3,(H,21,24)(H,22,25). The summed E-state index contributed by atoms with van der Waals surface area (Å²) in [6.07, 6.45) is 0.481. The molecular formula is C20H23N3O4. The number of hydrogen-bond donors (Lipinski definition) is 2. The van der Waals surface area contributed by atoms with Crippen molar-refractivity contribution in [1.29, 1.82) is 0 Å². The van der Waals surface area contributed by atoms with Crippen LogP contribution in [0.25, 0.3) is 0 Å². The smallest absolute Gasteiger partial charge is 0.327 e. The molecule has 27 heavy (non-hydrogen) atoms. The molecule has 0 fully saturated rings. The Morgan fingerprint density at radius 2 is 1.93 bits per heavy atom. The van der Waals surface area contributed by atoms with Gasteiger partial charge in [-0.05, 0) is 30.7 Å². The van der Waals surface area contributed by atoms with E-state index in [1.54, 1.807) is 25.3 Å². The van der Waals surface area contributed by atoms with Gasteiger partial charge < -0.3 is 20.1 Å². The van der Waals surface area contributed by atoms with Gasteiger partial charge in [-0.2, -0.15) is 0 Å². The molecule has 0 bridgehead atoms. The molecule has 2 N–H and O–H groups in total. The number of para-hydroxylation sites is 1. The molecular weight excluding hydrogens is 346 g/mol. The molecule has 0 aliphatic carbocycles. The highest BCUT2D eigenvalue weighted by molar-refractivity contribution is 6.08. The normalized spacial score (nSPS) is 15.1. The molecule has 1 unspecified atom stereocenters. The van der Waals surface area contributed by atoms with Gasteiger partial charge in [0, 0.05) is 24.7 Å². The number of fused-ring (bicyclic) bond motifs is 1. The second kappa shape index (κ2) is 7.99. The van der Waals surface area contributed by atoms with Crippen molar-refractivity contribution in [3.05, 3.63) is 48.0 Å². The molecule has 1 heterocycles. The van der Waals surface area contributed by atoms with Crippen LogP contribution in [0.4, 0.5) is 16.2 Å². The molecule has 1 aliphatic heterocycles. The van der Waals surface area contributed by atoms with Gasteiger partial charge in [0.15, 0.2) is 0 Å². The van der Waals surface area contributed by atoms with Crippen LogP contribution in [-0.4, -0.2) is 38.7 Å². The van der Waals surface area contributed by atoms with Crippen molar-refractivity contribution in [3.8, 4) is 11.5 Å². The Morgan fingerprint density at radius 1 is 1.15 bits per heavy atom. The van der Waals surface area contributed by atoms with Gasteiger partial charge in [0.05, 0.1) is 19.9 Å². The number of carbonyl (C=O) groups is 2. The fourth-order valence-corrected chi connectivity index (χ4v) is 3.22. The zero-order valence-corrected chi connectivity index (χ0v) is 15.6. The fourth-order valence-electron chi connectivity index (χ4n) is 3.22. The molecule has 7 nitrogen and oxygen atoms in total.